The molecule has 1 aromatic carbocycles. The van der Waals surface area contributed by atoms with Crippen LogP contribution in [0.2, 0.25) is 0 Å². The number of carbonyl (C=O) groups is 2. The number of hydrogen-bond donors (Lipinski definition) is 1. The zero-order valence-corrected chi connectivity index (χ0v) is 10.8. The van der Waals surface area contributed by atoms with Crippen molar-refractivity contribution in [1.29, 1.82) is 0 Å². The highest BCUT2D eigenvalue weighted by atomic mass is 19.4. The fraction of sp³-hybridized carbons (Fsp3) is 0.385. The molecule has 7 heteroatoms. The third kappa shape index (κ3) is 2.92. The Hall–Kier alpha value is -2.05. The zero-order chi connectivity index (χ0) is 14.9. The zero-order valence-electron chi connectivity index (χ0n) is 10.8. The lowest BCUT2D eigenvalue weighted by molar-refractivity contribution is -0.138. The molecule has 20 heavy (non-hydrogen) atoms. The maximum absolute atomic E-state index is 13.0. The molecule has 1 aromatic rings. The molecule has 1 N–H and O–H groups in total. The number of nitrogens with zero attached hydrogens (tertiary/aromatic N) is 1. The van der Waals surface area contributed by atoms with Gasteiger partial charge in [0.1, 0.15) is 0 Å². The van der Waals surface area contributed by atoms with Crippen molar-refractivity contribution in [3.8, 4) is 0 Å². The second-order valence-corrected chi connectivity index (χ2v) is 4.62. The van der Waals surface area contributed by atoms with Crippen LogP contribution in [0.1, 0.15) is 21.5 Å². The molecule has 1 saturated heterocycles. The van der Waals surface area contributed by atoms with Gasteiger partial charge in [-0.2, -0.15) is 13.2 Å². The van der Waals surface area contributed by atoms with Crippen LogP contribution in [-0.2, 0) is 11.0 Å². The molecule has 0 aliphatic carbocycles. The summed E-state index contributed by atoms with van der Waals surface area (Å²) in [6, 6.07) is 3.55. The molecule has 1 aliphatic rings. The summed E-state index contributed by atoms with van der Waals surface area (Å²) >= 11 is 0. The molecular weight excluding hydrogens is 273 g/mol. The van der Waals surface area contributed by atoms with Gasteiger partial charge in [-0.1, -0.05) is 11.6 Å². The Morgan fingerprint density at radius 3 is 2.65 bits per heavy atom. The maximum atomic E-state index is 13.0. The van der Waals surface area contributed by atoms with Crippen molar-refractivity contribution in [2.75, 3.05) is 19.6 Å². The summed E-state index contributed by atoms with van der Waals surface area (Å²) in [5.74, 6) is -1.14. The van der Waals surface area contributed by atoms with Crippen molar-refractivity contribution in [3.63, 3.8) is 0 Å². The minimum absolute atomic E-state index is 0.204. The monoisotopic (exact) mass is 286 g/mol. The van der Waals surface area contributed by atoms with E-state index in [2.05, 4.69) is 5.32 Å². The van der Waals surface area contributed by atoms with Crippen LogP contribution in [0.5, 0.6) is 0 Å². The summed E-state index contributed by atoms with van der Waals surface area (Å²) in [4.78, 5) is 24.5. The second kappa shape index (κ2) is 5.15. The van der Waals surface area contributed by atoms with E-state index in [9.17, 15) is 22.8 Å². The average Bonchev–Trinajstić information content (AvgIpc) is 2.37. The number of piperazine rings is 1. The van der Waals surface area contributed by atoms with Gasteiger partial charge in [0, 0.05) is 13.1 Å². The molecule has 0 spiro atoms. The van der Waals surface area contributed by atoms with E-state index in [0.29, 0.717) is 5.56 Å². The molecule has 0 saturated carbocycles. The lowest BCUT2D eigenvalue weighted by Gasteiger charge is -2.27. The van der Waals surface area contributed by atoms with Gasteiger partial charge < -0.3 is 10.2 Å². The minimum Gasteiger partial charge on any atom is -0.353 e. The summed E-state index contributed by atoms with van der Waals surface area (Å²) in [5.41, 5.74) is -0.962. The van der Waals surface area contributed by atoms with Gasteiger partial charge in [0.05, 0.1) is 17.7 Å². The fourth-order valence-electron chi connectivity index (χ4n) is 2.06. The number of amides is 2. The first-order chi connectivity index (χ1) is 9.29. The van der Waals surface area contributed by atoms with Crippen LogP contribution in [0.15, 0.2) is 18.2 Å². The predicted octanol–water partition coefficient (Wildman–Crippen LogP) is 1.59. The van der Waals surface area contributed by atoms with Crippen LogP contribution in [0, 0.1) is 6.92 Å². The molecule has 4 nitrogen and oxygen atoms in total. The van der Waals surface area contributed by atoms with Crippen molar-refractivity contribution in [1.82, 2.24) is 10.2 Å². The number of rotatable bonds is 1. The Bertz CT molecular complexity index is 555. The molecular formula is C13H13F3N2O2. The molecule has 2 rings (SSSR count). The Morgan fingerprint density at radius 1 is 1.35 bits per heavy atom. The topological polar surface area (TPSA) is 49.4 Å². The number of carbonyl (C=O) groups excluding carboxylic acids is 2. The fourth-order valence-corrected chi connectivity index (χ4v) is 2.06. The lowest BCUT2D eigenvalue weighted by atomic mass is 10.0. The van der Waals surface area contributed by atoms with Gasteiger partial charge in [0.25, 0.3) is 5.91 Å². The second-order valence-electron chi connectivity index (χ2n) is 4.62. The van der Waals surface area contributed by atoms with Gasteiger partial charge in [-0.05, 0) is 19.1 Å². The largest absolute Gasteiger partial charge is 0.417 e. The Labute approximate surface area is 113 Å². The van der Waals surface area contributed by atoms with E-state index < -0.39 is 23.2 Å². The van der Waals surface area contributed by atoms with Crippen LogP contribution in [-0.4, -0.2) is 36.3 Å². The van der Waals surface area contributed by atoms with Gasteiger partial charge in [-0.3, -0.25) is 9.59 Å². The molecule has 0 bridgehead atoms. The first-order valence-corrected chi connectivity index (χ1v) is 6.03. The third-order valence-corrected chi connectivity index (χ3v) is 3.04. The van der Waals surface area contributed by atoms with Crippen molar-refractivity contribution >= 4 is 11.8 Å². The van der Waals surface area contributed by atoms with E-state index in [1.807, 2.05) is 0 Å². The number of halogens is 3. The van der Waals surface area contributed by atoms with Crippen LogP contribution in [0.3, 0.4) is 0 Å². The summed E-state index contributed by atoms with van der Waals surface area (Å²) < 4.78 is 38.9. The van der Waals surface area contributed by atoms with Gasteiger partial charge in [0.2, 0.25) is 5.91 Å². The van der Waals surface area contributed by atoms with Crippen molar-refractivity contribution in [3.05, 3.63) is 34.9 Å². The number of aryl methyl sites for hydroxylation is 1. The highest BCUT2D eigenvalue weighted by molar-refractivity contribution is 5.98. The third-order valence-electron chi connectivity index (χ3n) is 3.04. The normalized spacial score (nSPS) is 16.0. The summed E-state index contributed by atoms with van der Waals surface area (Å²) in [6.45, 7) is 1.76. The van der Waals surface area contributed by atoms with Crippen molar-refractivity contribution < 1.29 is 22.8 Å². The molecule has 0 aromatic heterocycles. The Kier molecular flexibility index (Phi) is 3.69. The minimum atomic E-state index is -4.60. The highest BCUT2D eigenvalue weighted by Gasteiger charge is 2.36. The number of benzene rings is 1. The van der Waals surface area contributed by atoms with Gasteiger partial charge in [-0.15, -0.1) is 0 Å². The van der Waals surface area contributed by atoms with Gasteiger partial charge in [-0.25, -0.2) is 0 Å². The van der Waals surface area contributed by atoms with Crippen LogP contribution >= 0.6 is 0 Å². The standard InChI is InChI=1S/C13H13F3N2O2/c1-8-2-3-9(10(6-8)13(14,15)16)12(20)18-5-4-17-11(19)7-18/h2-3,6H,4-5,7H2,1H3,(H,17,19). The molecule has 0 unspecified atom stereocenters. The van der Waals surface area contributed by atoms with Crippen molar-refractivity contribution in [2.24, 2.45) is 0 Å². The number of alkyl halides is 3. The van der Waals surface area contributed by atoms with E-state index >= 15 is 0 Å². The average molecular weight is 286 g/mol. The van der Waals surface area contributed by atoms with E-state index in [-0.39, 0.29) is 25.5 Å². The number of nitrogens with one attached hydrogen (secondary N) is 1. The van der Waals surface area contributed by atoms with Gasteiger partial charge in [0.15, 0.2) is 0 Å². The lowest BCUT2D eigenvalue weighted by Crippen LogP contribution is -2.50. The molecule has 1 aliphatic heterocycles. The van der Waals surface area contributed by atoms with E-state index in [0.717, 1.165) is 17.0 Å². The first-order valence-electron chi connectivity index (χ1n) is 6.03. The van der Waals surface area contributed by atoms with E-state index in [1.54, 1.807) is 0 Å². The summed E-state index contributed by atoms with van der Waals surface area (Å²) in [7, 11) is 0. The smallest absolute Gasteiger partial charge is 0.353 e. The van der Waals surface area contributed by atoms with E-state index in [4.69, 9.17) is 0 Å². The predicted molar refractivity (Wildman–Crippen MR) is 65.1 cm³/mol. The SMILES string of the molecule is Cc1ccc(C(=O)N2CCNC(=O)C2)c(C(F)(F)F)c1. The summed E-state index contributed by atoms with van der Waals surface area (Å²) in [5, 5.41) is 2.52. The Balaban J connectivity index is 2.37. The Morgan fingerprint density at radius 2 is 2.05 bits per heavy atom. The summed E-state index contributed by atoms with van der Waals surface area (Å²) in [6.07, 6.45) is -4.60. The van der Waals surface area contributed by atoms with Gasteiger partial charge >= 0.3 is 6.18 Å². The molecule has 1 heterocycles. The van der Waals surface area contributed by atoms with Crippen LogP contribution < -0.4 is 5.32 Å². The first kappa shape index (κ1) is 14.4. The van der Waals surface area contributed by atoms with E-state index in [1.165, 1.54) is 13.0 Å². The molecule has 0 atom stereocenters. The molecule has 0 radical (unpaired) electrons. The molecule has 108 valence electrons. The number of hydrogen-bond acceptors (Lipinski definition) is 2. The van der Waals surface area contributed by atoms with Crippen LogP contribution in [0.4, 0.5) is 13.2 Å². The van der Waals surface area contributed by atoms with Crippen molar-refractivity contribution in [2.45, 2.75) is 13.1 Å². The maximum Gasteiger partial charge on any atom is 0.417 e. The molecule has 2 amide bonds. The quantitative estimate of drug-likeness (QED) is 0.852. The highest BCUT2D eigenvalue weighted by Crippen LogP contribution is 2.33. The van der Waals surface area contributed by atoms with Crippen LogP contribution in [0.25, 0.3) is 0 Å². The molecule has 1 fully saturated rings.